The fourth-order valence-electron chi connectivity index (χ4n) is 5.57. The average molecular weight is 473 g/mol. The Morgan fingerprint density at radius 2 is 1.54 bits per heavy atom. The van der Waals surface area contributed by atoms with E-state index in [-0.39, 0.29) is 48.0 Å². The van der Waals surface area contributed by atoms with Crippen molar-refractivity contribution in [2.45, 2.75) is 38.8 Å². The van der Waals surface area contributed by atoms with Gasteiger partial charge in [0.25, 0.3) is 0 Å². The second-order valence-corrected chi connectivity index (χ2v) is 9.77. The van der Waals surface area contributed by atoms with Crippen LogP contribution in [0.4, 0.5) is 5.69 Å². The number of anilines is 1. The van der Waals surface area contributed by atoms with Crippen molar-refractivity contribution in [2.24, 2.45) is 23.7 Å². The minimum atomic E-state index is -0.965. The maximum atomic E-state index is 13.5. The van der Waals surface area contributed by atoms with Crippen LogP contribution in [0.1, 0.15) is 36.2 Å². The molecule has 2 aromatic carbocycles. The normalized spacial score (nSPS) is 25.2. The van der Waals surface area contributed by atoms with Gasteiger partial charge in [0.2, 0.25) is 17.7 Å². The van der Waals surface area contributed by atoms with E-state index in [1.54, 1.807) is 38.1 Å². The molecule has 2 aromatic rings. The van der Waals surface area contributed by atoms with Crippen LogP contribution in [0.3, 0.4) is 0 Å². The summed E-state index contributed by atoms with van der Waals surface area (Å²) in [6.45, 7) is 3.55. The molecule has 5 atom stereocenters. The minimum Gasteiger partial charge on any atom is -0.459 e. The van der Waals surface area contributed by atoms with Gasteiger partial charge in [-0.3, -0.25) is 19.3 Å². The van der Waals surface area contributed by atoms with Crippen LogP contribution in [0.25, 0.3) is 0 Å². The molecule has 7 nitrogen and oxygen atoms in total. The minimum absolute atomic E-state index is 0.0741. The van der Waals surface area contributed by atoms with Crippen molar-refractivity contribution < 1.29 is 23.9 Å². The van der Waals surface area contributed by atoms with Crippen LogP contribution in [0.5, 0.6) is 0 Å². The number of nitrogens with zero attached hydrogens (tertiary/aromatic N) is 1. The molecule has 2 fully saturated rings. The molecule has 1 N–H and O–H groups in total. The maximum Gasteiger partial charge on any atom is 0.338 e. The number of nitrogens with one attached hydrogen (secondary N) is 1. The summed E-state index contributed by atoms with van der Waals surface area (Å²) < 4.78 is 5.20. The van der Waals surface area contributed by atoms with E-state index in [4.69, 9.17) is 4.74 Å². The number of fused-ring (bicyclic) bond motifs is 5. The number of benzene rings is 2. The lowest BCUT2D eigenvalue weighted by Gasteiger charge is -2.27. The Labute approximate surface area is 204 Å². The quantitative estimate of drug-likeness (QED) is 0.378. The van der Waals surface area contributed by atoms with Crippen molar-refractivity contribution in [2.75, 3.05) is 5.32 Å². The van der Waals surface area contributed by atoms with Gasteiger partial charge in [-0.1, -0.05) is 42.5 Å². The zero-order chi connectivity index (χ0) is 24.7. The predicted octanol–water partition coefficient (Wildman–Crippen LogP) is 3.61. The van der Waals surface area contributed by atoms with Gasteiger partial charge in [-0.2, -0.15) is 0 Å². The first-order chi connectivity index (χ1) is 16.8. The first-order valence-corrected chi connectivity index (χ1v) is 12.0. The highest BCUT2D eigenvalue weighted by Gasteiger charge is 2.61. The Morgan fingerprint density at radius 3 is 2.11 bits per heavy atom. The van der Waals surface area contributed by atoms with E-state index in [0.29, 0.717) is 11.3 Å². The Bertz CT molecular complexity index is 1160. The molecule has 0 aromatic heterocycles. The second-order valence-electron chi connectivity index (χ2n) is 9.77. The smallest absolute Gasteiger partial charge is 0.338 e. The van der Waals surface area contributed by atoms with Gasteiger partial charge in [-0.05, 0) is 61.9 Å². The zero-order valence-corrected chi connectivity index (χ0v) is 19.7. The number of esters is 1. The summed E-state index contributed by atoms with van der Waals surface area (Å²) in [5, 5.41) is 2.84. The molecule has 5 rings (SSSR count). The molecule has 3 amide bonds. The van der Waals surface area contributed by atoms with Crippen LogP contribution < -0.4 is 5.32 Å². The second kappa shape index (κ2) is 9.13. The van der Waals surface area contributed by atoms with Gasteiger partial charge in [0.05, 0.1) is 23.5 Å². The molecule has 2 bridgehead atoms. The number of carbonyl (C=O) groups excluding carboxylic acids is 4. The highest BCUT2D eigenvalue weighted by Crippen LogP contribution is 2.53. The number of carbonyl (C=O) groups is 4. The van der Waals surface area contributed by atoms with Crippen molar-refractivity contribution in [3.8, 4) is 0 Å². The van der Waals surface area contributed by atoms with Gasteiger partial charge in [-0.25, -0.2) is 4.79 Å². The SMILES string of the molecule is CC(C)OC(=O)c1ccc(NC(=O)[C@@H](Cc2ccccc2)N2C(=O)[C@@H]3[C@H](C2=O)[C@H]2C=C[C@@H]3C2)cc1. The Morgan fingerprint density at radius 1 is 0.943 bits per heavy atom. The van der Waals surface area contributed by atoms with E-state index in [1.165, 1.54) is 4.90 Å². The molecule has 0 spiro atoms. The van der Waals surface area contributed by atoms with Crippen molar-refractivity contribution >= 4 is 29.4 Å². The summed E-state index contributed by atoms with van der Waals surface area (Å²) in [5.74, 6) is -1.96. The highest BCUT2D eigenvalue weighted by molar-refractivity contribution is 6.11. The summed E-state index contributed by atoms with van der Waals surface area (Å²) in [6, 6.07) is 14.8. The van der Waals surface area contributed by atoms with Crippen LogP contribution in [0.15, 0.2) is 66.7 Å². The lowest BCUT2D eigenvalue weighted by atomic mass is 9.85. The van der Waals surface area contributed by atoms with E-state index in [2.05, 4.69) is 5.32 Å². The first-order valence-electron chi connectivity index (χ1n) is 12.0. The number of hydrogen-bond acceptors (Lipinski definition) is 5. The zero-order valence-electron chi connectivity index (χ0n) is 19.7. The number of ether oxygens (including phenoxy) is 1. The Kier molecular flexibility index (Phi) is 6.01. The molecule has 2 aliphatic carbocycles. The van der Waals surface area contributed by atoms with Crippen molar-refractivity contribution in [3.63, 3.8) is 0 Å². The van der Waals surface area contributed by atoms with Gasteiger partial charge in [0, 0.05) is 12.1 Å². The molecule has 1 saturated heterocycles. The van der Waals surface area contributed by atoms with Crippen LogP contribution in [-0.4, -0.2) is 40.7 Å². The maximum absolute atomic E-state index is 13.5. The summed E-state index contributed by atoms with van der Waals surface area (Å²) in [4.78, 5) is 53.6. The molecule has 1 aliphatic heterocycles. The monoisotopic (exact) mass is 472 g/mol. The third-order valence-corrected chi connectivity index (χ3v) is 7.12. The largest absolute Gasteiger partial charge is 0.459 e. The summed E-state index contributed by atoms with van der Waals surface area (Å²) in [5.41, 5.74) is 1.70. The summed E-state index contributed by atoms with van der Waals surface area (Å²) in [7, 11) is 0. The van der Waals surface area contributed by atoms with Gasteiger partial charge in [-0.15, -0.1) is 0 Å². The third-order valence-electron chi connectivity index (χ3n) is 7.12. The number of hydrogen-bond donors (Lipinski definition) is 1. The summed E-state index contributed by atoms with van der Waals surface area (Å²) >= 11 is 0. The van der Waals surface area contributed by atoms with Gasteiger partial charge in [0.1, 0.15) is 6.04 Å². The lowest BCUT2D eigenvalue weighted by Crippen LogP contribution is -2.49. The Balaban J connectivity index is 1.38. The highest BCUT2D eigenvalue weighted by atomic mass is 16.5. The van der Waals surface area contributed by atoms with Crippen LogP contribution in [0.2, 0.25) is 0 Å². The first kappa shape index (κ1) is 23.0. The molecule has 1 saturated carbocycles. The molecule has 35 heavy (non-hydrogen) atoms. The lowest BCUT2D eigenvalue weighted by molar-refractivity contribution is -0.147. The average Bonchev–Trinajstić information content (AvgIpc) is 3.52. The summed E-state index contributed by atoms with van der Waals surface area (Å²) in [6.07, 6.45) is 4.91. The van der Waals surface area contributed by atoms with Gasteiger partial charge >= 0.3 is 5.97 Å². The van der Waals surface area contributed by atoms with E-state index in [0.717, 1.165) is 12.0 Å². The van der Waals surface area contributed by atoms with Crippen molar-refractivity contribution in [1.29, 1.82) is 0 Å². The molecule has 180 valence electrons. The van der Waals surface area contributed by atoms with Gasteiger partial charge in [0.15, 0.2) is 0 Å². The molecule has 3 aliphatic rings. The van der Waals surface area contributed by atoms with Crippen molar-refractivity contribution in [3.05, 3.63) is 77.9 Å². The third kappa shape index (κ3) is 4.27. The molecular weight excluding hydrogens is 444 g/mol. The van der Waals surface area contributed by atoms with Crippen LogP contribution >= 0.6 is 0 Å². The molecule has 0 unspecified atom stereocenters. The molecule has 7 heteroatoms. The fraction of sp³-hybridized carbons (Fsp3) is 0.357. The molecular formula is C28H28N2O5. The van der Waals surface area contributed by atoms with Crippen LogP contribution in [-0.2, 0) is 25.5 Å². The fourth-order valence-corrected chi connectivity index (χ4v) is 5.57. The standard InChI is InChI=1S/C28H28N2O5/c1-16(2)35-28(34)18-10-12-21(13-11-18)29-25(31)22(14-17-6-4-3-5-7-17)30-26(32)23-19-8-9-20(15-19)24(23)27(30)33/h3-13,16,19-20,22-24H,14-15H2,1-2H3,(H,29,31)/t19-,20+,22-,23+,24-/m1/s1. The Hall–Kier alpha value is -3.74. The molecule has 1 heterocycles. The number of rotatable bonds is 7. The van der Waals surface area contributed by atoms with E-state index in [9.17, 15) is 19.2 Å². The number of imide groups is 1. The van der Waals surface area contributed by atoms with E-state index in [1.807, 2.05) is 42.5 Å². The topological polar surface area (TPSA) is 92.8 Å². The van der Waals surface area contributed by atoms with Gasteiger partial charge < -0.3 is 10.1 Å². The van der Waals surface area contributed by atoms with Crippen LogP contribution in [0, 0.1) is 23.7 Å². The van der Waals surface area contributed by atoms with E-state index < -0.39 is 17.9 Å². The van der Waals surface area contributed by atoms with Crippen molar-refractivity contribution in [1.82, 2.24) is 4.90 Å². The molecule has 0 radical (unpaired) electrons. The van der Waals surface area contributed by atoms with E-state index >= 15 is 0 Å². The number of amides is 3. The number of likely N-dealkylation sites (tertiary alicyclic amines) is 1. The number of allylic oxidation sites excluding steroid dienone is 2. The predicted molar refractivity (Wildman–Crippen MR) is 129 cm³/mol.